The zero-order chi connectivity index (χ0) is 12.6. The van der Waals surface area contributed by atoms with Gasteiger partial charge in [0.05, 0.1) is 7.11 Å². The molecule has 0 aromatic heterocycles. The highest BCUT2D eigenvalue weighted by Crippen LogP contribution is 2.47. The molecule has 1 fully saturated rings. The van der Waals surface area contributed by atoms with Crippen LogP contribution < -0.4 is 10.5 Å². The standard InChI is InChI=1S/C12H14ClNO3/c1-17-10-5-4-8(13)6-9(10)12(14,11(15)16)7-2-3-7/h4-7H,2-3,14H2,1H3,(H,15,16). The van der Waals surface area contributed by atoms with Crippen molar-refractivity contribution in [3.05, 3.63) is 28.8 Å². The summed E-state index contributed by atoms with van der Waals surface area (Å²) >= 11 is 5.91. The number of ether oxygens (including phenoxy) is 1. The number of methoxy groups -OCH3 is 1. The second-order valence-electron chi connectivity index (χ2n) is 4.29. The summed E-state index contributed by atoms with van der Waals surface area (Å²) in [5.41, 5.74) is 5.11. The van der Waals surface area contributed by atoms with Gasteiger partial charge in [-0.15, -0.1) is 0 Å². The van der Waals surface area contributed by atoms with Gasteiger partial charge in [-0.2, -0.15) is 0 Å². The predicted molar refractivity (Wildman–Crippen MR) is 64.2 cm³/mol. The van der Waals surface area contributed by atoms with E-state index in [1.165, 1.54) is 7.11 Å². The summed E-state index contributed by atoms with van der Waals surface area (Å²) in [7, 11) is 1.49. The molecule has 5 heteroatoms. The van der Waals surface area contributed by atoms with Crippen LogP contribution in [0.3, 0.4) is 0 Å². The lowest BCUT2D eigenvalue weighted by atomic mass is 9.85. The Labute approximate surface area is 104 Å². The molecule has 0 spiro atoms. The number of nitrogens with two attached hydrogens (primary N) is 1. The number of aliphatic carboxylic acids is 1. The minimum Gasteiger partial charge on any atom is -0.496 e. The lowest BCUT2D eigenvalue weighted by molar-refractivity contribution is -0.144. The summed E-state index contributed by atoms with van der Waals surface area (Å²) < 4.78 is 5.17. The maximum absolute atomic E-state index is 11.5. The Hall–Kier alpha value is -1.26. The molecule has 4 nitrogen and oxygen atoms in total. The summed E-state index contributed by atoms with van der Waals surface area (Å²) in [4.78, 5) is 11.5. The van der Waals surface area contributed by atoms with Crippen molar-refractivity contribution in [2.45, 2.75) is 18.4 Å². The van der Waals surface area contributed by atoms with Crippen molar-refractivity contribution in [2.75, 3.05) is 7.11 Å². The summed E-state index contributed by atoms with van der Waals surface area (Å²) in [5, 5.41) is 9.84. The number of carboxylic acids is 1. The topological polar surface area (TPSA) is 72.5 Å². The van der Waals surface area contributed by atoms with Crippen molar-refractivity contribution in [2.24, 2.45) is 11.7 Å². The molecule has 1 aliphatic rings. The maximum atomic E-state index is 11.5. The zero-order valence-corrected chi connectivity index (χ0v) is 10.2. The first-order valence-electron chi connectivity index (χ1n) is 5.36. The molecule has 17 heavy (non-hydrogen) atoms. The van der Waals surface area contributed by atoms with Crippen molar-refractivity contribution in [3.8, 4) is 5.75 Å². The Morgan fingerprint density at radius 1 is 1.59 bits per heavy atom. The van der Waals surface area contributed by atoms with Crippen molar-refractivity contribution in [3.63, 3.8) is 0 Å². The van der Waals surface area contributed by atoms with Crippen molar-refractivity contribution in [1.29, 1.82) is 0 Å². The molecule has 2 rings (SSSR count). The number of rotatable bonds is 4. The monoisotopic (exact) mass is 255 g/mol. The molecule has 3 N–H and O–H groups in total. The van der Waals surface area contributed by atoms with Gasteiger partial charge >= 0.3 is 5.97 Å². The number of hydrogen-bond acceptors (Lipinski definition) is 3. The molecule has 1 aliphatic carbocycles. The van der Waals surface area contributed by atoms with E-state index in [0.29, 0.717) is 16.3 Å². The van der Waals surface area contributed by atoms with Crippen LogP contribution in [0.4, 0.5) is 0 Å². The van der Waals surface area contributed by atoms with E-state index in [4.69, 9.17) is 22.1 Å². The summed E-state index contributed by atoms with van der Waals surface area (Å²) in [5.74, 6) is -0.626. The number of halogens is 1. The van der Waals surface area contributed by atoms with Gasteiger partial charge in [-0.25, -0.2) is 4.79 Å². The molecule has 1 saturated carbocycles. The van der Waals surface area contributed by atoms with Gasteiger partial charge in [-0.1, -0.05) is 11.6 Å². The maximum Gasteiger partial charge on any atom is 0.328 e. The molecule has 1 aromatic rings. The van der Waals surface area contributed by atoms with E-state index in [0.717, 1.165) is 12.8 Å². The highest BCUT2D eigenvalue weighted by molar-refractivity contribution is 6.30. The molecule has 1 aromatic carbocycles. The summed E-state index contributed by atoms with van der Waals surface area (Å²) in [6.45, 7) is 0. The fraction of sp³-hybridized carbons (Fsp3) is 0.417. The first kappa shape index (κ1) is 12.2. The molecule has 0 bridgehead atoms. The quantitative estimate of drug-likeness (QED) is 0.863. The number of carboxylic acid groups (broad SMARTS) is 1. The van der Waals surface area contributed by atoms with Gasteiger partial charge in [0.2, 0.25) is 0 Å². The van der Waals surface area contributed by atoms with Gasteiger partial charge < -0.3 is 15.6 Å². The third-order valence-corrected chi connectivity index (χ3v) is 3.42. The first-order valence-corrected chi connectivity index (χ1v) is 5.74. The van der Waals surface area contributed by atoms with Crippen LogP contribution in [0.2, 0.25) is 5.02 Å². The normalized spacial score (nSPS) is 18.5. The third kappa shape index (κ3) is 1.98. The van der Waals surface area contributed by atoms with E-state index in [9.17, 15) is 9.90 Å². The van der Waals surface area contributed by atoms with E-state index >= 15 is 0 Å². The largest absolute Gasteiger partial charge is 0.496 e. The molecule has 92 valence electrons. The minimum absolute atomic E-state index is 0.0487. The van der Waals surface area contributed by atoms with Crippen LogP contribution in [0.15, 0.2) is 18.2 Å². The van der Waals surface area contributed by atoms with E-state index in [2.05, 4.69) is 0 Å². The molecule has 0 radical (unpaired) electrons. The van der Waals surface area contributed by atoms with Gasteiger partial charge in [0.1, 0.15) is 11.3 Å². The molecule has 1 unspecified atom stereocenters. The zero-order valence-electron chi connectivity index (χ0n) is 9.44. The van der Waals surface area contributed by atoms with Crippen LogP contribution in [0.25, 0.3) is 0 Å². The average Bonchev–Trinajstić information content (AvgIpc) is 3.11. The molecule has 0 aliphatic heterocycles. The highest BCUT2D eigenvalue weighted by atomic mass is 35.5. The van der Waals surface area contributed by atoms with Gasteiger partial charge in [0.15, 0.2) is 0 Å². The number of hydrogen-bond donors (Lipinski definition) is 2. The summed E-state index contributed by atoms with van der Waals surface area (Å²) in [6, 6.07) is 4.87. The Morgan fingerprint density at radius 3 is 2.71 bits per heavy atom. The van der Waals surface area contributed by atoms with Gasteiger partial charge in [-0.3, -0.25) is 0 Å². The SMILES string of the molecule is COc1ccc(Cl)cc1C(N)(C(=O)O)C1CC1. The fourth-order valence-corrected chi connectivity index (χ4v) is 2.22. The molecule has 0 saturated heterocycles. The lowest BCUT2D eigenvalue weighted by Gasteiger charge is -2.27. The Kier molecular flexibility index (Phi) is 3.02. The minimum atomic E-state index is -1.41. The van der Waals surface area contributed by atoms with Crippen LogP contribution in [0.1, 0.15) is 18.4 Å². The second kappa shape index (κ2) is 4.20. The van der Waals surface area contributed by atoms with Gasteiger partial charge in [0.25, 0.3) is 0 Å². The second-order valence-corrected chi connectivity index (χ2v) is 4.73. The van der Waals surface area contributed by atoms with Crippen LogP contribution in [0.5, 0.6) is 5.75 Å². The van der Waals surface area contributed by atoms with E-state index in [-0.39, 0.29) is 5.92 Å². The number of benzene rings is 1. The Bertz CT molecular complexity index is 459. The van der Waals surface area contributed by atoms with Crippen LogP contribution >= 0.6 is 11.6 Å². The molecule has 0 amide bonds. The highest BCUT2D eigenvalue weighted by Gasteiger charge is 2.51. The van der Waals surface area contributed by atoms with Gasteiger partial charge in [0, 0.05) is 10.6 Å². The molecule has 1 atom stereocenters. The first-order chi connectivity index (χ1) is 8.00. The van der Waals surface area contributed by atoms with E-state index < -0.39 is 11.5 Å². The van der Waals surface area contributed by atoms with Crippen molar-refractivity contribution in [1.82, 2.24) is 0 Å². The van der Waals surface area contributed by atoms with E-state index in [1.54, 1.807) is 18.2 Å². The van der Waals surface area contributed by atoms with Crippen molar-refractivity contribution < 1.29 is 14.6 Å². The Morgan fingerprint density at radius 2 is 2.24 bits per heavy atom. The van der Waals surface area contributed by atoms with E-state index in [1.807, 2.05) is 0 Å². The smallest absolute Gasteiger partial charge is 0.328 e. The van der Waals surface area contributed by atoms with Crippen LogP contribution in [-0.2, 0) is 10.3 Å². The molecular weight excluding hydrogens is 242 g/mol. The molecular formula is C12H14ClNO3. The molecule has 0 heterocycles. The van der Waals surface area contributed by atoms with Gasteiger partial charge in [-0.05, 0) is 37.0 Å². The van der Waals surface area contributed by atoms with Crippen LogP contribution in [-0.4, -0.2) is 18.2 Å². The lowest BCUT2D eigenvalue weighted by Crippen LogP contribution is -2.47. The van der Waals surface area contributed by atoms with Crippen LogP contribution in [0, 0.1) is 5.92 Å². The fourth-order valence-electron chi connectivity index (χ4n) is 2.05. The average molecular weight is 256 g/mol. The predicted octanol–water partition coefficient (Wildman–Crippen LogP) is 2.00. The Balaban J connectivity index is 2.56. The third-order valence-electron chi connectivity index (χ3n) is 3.18. The van der Waals surface area contributed by atoms with Crippen molar-refractivity contribution >= 4 is 17.6 Å². The summed E-state index contributed by atoms with van der Waals surface area (Å²) in [6.07, 6.45) is 1.64. The number of carbonyl (C=O) groups is 1.